The third-order valence-electron chi connectivity index (χ3n) is 2.89. The van der Waals surface area contributed by atoms with Crippen LogP contribution in [0.3, 0.4) is 0 Å². The van der Waals surface area contributed by atoms with Crippen LogP contribution in [0.5, 0.6) is 5.75 Å². The van der Waals surface area contributed by atoms with Gasteiger partial charge in [0.2, 0.25) is 0 Å². The fourth-order valence-corrected chi connectivity index (χ4v) is 2.46. The van der Waals surface area contributed by atoms with Gasteiger partial charge in [0.25, 0.3) is 5.91 Å². The Bertz CT molecular complexity index is 706. The van der Waals surface area contributed by atoms with E-state index in [1.54, 1.807) is 25.3 Å². The average molecular weight is 349 g/mol. The average Bonchev–Trinajstić information content (AvgIpc) is 2.58. The molecule has 0 heterocycles. The Labute approximate surface area is 143 Å². The Morgan fingerprint density at radius 2 is 1.92 bits per heavy atom. The van der Waals surface area contributed by atoms with E-state index in [0.717, 1.165) is 10.6 Å². The topological polar surface area (TPSA) is 64.6 Å². The number of benzene rings is 2. The molecule has 2 aromatic carbocycles. The second-order valence-electron chi connectivity index (χ2n) is 4.68. The first kappa shape index (κ1) is 17.8. The lowest BCUT2D eigenvalue weighted by Crippen LogP contribution is -2.21. The minimum Gasteiger partial charge on any atom is -0.497 e. The van der Waals surface area contributed by atoms with E-state index in [4.69, 9.17) is 9.47 Å². The van der Waals surface area contributed by atoms with Crippen LogP contribution in [0.1, 0.15) is 0 Å². The zero-order valence-corrected chi connectivity index (χ0v) is 13.8. The summed E-state index contributed by atoms with van der Waals surface area (Å²) in [7, 11) is 1.58. The van der Waals surface area contributed by atoms with Gasteiger partial charge in [0.05, 0.1) is 12.9 Å². The van der Waals surface area contributed by atoms with E-state index >= 15 is 0 Å². The van der Waals surface area contributed by atoms with Crippen molar-refractivity contribution in [1.82, 2.24) is 0 Å². The van der Waals surface area contributed by atoms with Crippen molar-refractivity contribution in [3.8, 4) is 5.75 Å². The number of anilines is 1. The van der Waals surface area contributed by atoms with Crippen LogP contribution in [0.25, 0.3) is 0 Å². The molecule has 0 unspecified atom stereocenters. The largest absolute Gasteiger partial charge is 0.497 e. The smallest absolute Gasteiger partial charge is 0.316 e. The number of amides is 1. The highest BCUT2D eigenvalue weighted by Crippen LogP contribution is 2.21. The number of halogens is 1. The van der Waals surface area contributed by atoms with Crippen molar-refractivity contribution in [1.29, 1.82) is 0 Å². The van der Waals surface area contributed by atoms with Gasteiger partial charge in [-0.3, -0.25) is 9.59 Å². The lowest BCUT2D eigenvalue weighted by Gasteiger charge is -2.07. The second kappa shape index (κ2) is 8.93. The van der Waals surface area contributed by atoms with E-state index in [1.165, 1.54) is 30.0 Å². The fraction of sp³-hybridized carbons (Fsp3) is 0.176. The standard InChI is InChI=1S/C17H16FNO4S/c1-22-14-5-7-15(8-6-14)24-11-17(21)23-10-16(20)19-13-4-2-3-12(18)9-13/h2-9H,10-11H2,1H3,(H,19,20). The van der Waals surface area contributed by atoms with Crippen LogP contribution in [0, 0.1) is 5.82 Å². The summed E-state index contributed by atoms with van der Waals surface area (Å²) in [4.78, 5) is 24.2. The van der Waals surface area contributed by atoms with E-state index in [0.29, 0.717) is 5.69 Å². The summed E-state index contributed by atoms with van der Waals surface area (Å²) < 4.78 is 22.9. The molecule has 2 rings (SSSR count). The number of hydrogen-bond acceptors (Lipinski definition) is 5. The van der Waals surface area contributed by atoms with Crippen LogP contribution in [0.2, 0.25) is 0 Å². The first-order chi connectivity index (χ1) is 11.6. The van der Waals surface area contributed by atoms with Gasteiger partial charge in [-0.1, -0.05) is 6.07 Å². The van der Waals surface area contributed by atoms with Gasteiger partial charge < -0.3 is 14.8 Å². The molecule has 5 nitrogen and oxygen atoms in total. The normalized spacial score (nSPS) is 10.1. The molecule has 0 aliphatic heterocycles. The maximum Gasteiger partial charge on any atom is 0.316 e. The van der Waals surface area contributed by atoms with Crippen LogP contribution in [-0.2, 0) is 14.3 Å². The predicted molar refractivity (Wildman–Crippen MR) is 89.7 cm³/mol. The first-order valence-electron chi connectivity index (χ1n) is 7.05. The third-order valence-corrected chi connectivity index (χ3v) is 3.87. The molecule has 126 valence electrons. The van der Waals surface area contributed by atoms with E-state index in [-0.39, 0.29) is 5.75 Å². The Morgan fingerprint density at radius 3 is 2.58 bits per heavy atom. The minimum absolute atomic E-state index is 0.0829. The fourth-order valence-electron chi connectivity index (χ4n) is 1.77. The molecular weight excluding hydrogens is 333 g/mol. The van der Waals surface area contributed by atoms with Crippen molar-refractivity contribution in [2.45, 2.75) is 4.90 Å². The van der Waals surface area contributed by atoms with Gasteiger partial charge in [0, 0.05) is 10.6 Å². The lowest BCUT2D eigenvalue weighted by atomic mass is 10.3. The van der Waals surface area contributed by atoms with Gasteiger partial charge in [0.15, 0.2) is 6.61 Å². The number of methoxy groups -OCH3 is 1. The summed E-state index contributed by atoms with van der Waals surface area (Å²) in [5.74, 6) is -0.676. The molecule has 0 aromatic heterocycles. The summed E-state index contributed by atoms with van der Waals surface area (Å²) >= 11 is 1.29. The Hall–Kier alpha value is -2.54. The summed E-state index contributed by atoms with van der Waals surface area (Å²) in [5, 5.41) is 2.45. The third kappa shape index (κ3) is 5.92. The number of carbonyl (C=O) groups excluding carboxylic acids is 2. The van der Waals surface area contributed by atoms with Crippen molar-refractivity contribution in [2.24, 2.45) is 0 Å². The van der Waals surface area contributed by atoms with Gasteiger partial charge in [0.1, 0.15) is 11.6 Å². The van der Waals surface area contributed by atoms with Gasteiger partial charge in [-0.25, -0.2) is 4.39 Å². The zero-order chi connectivity index (χ0) is 17.4. The van der Waals surface area contributed by atoms with Crippen molar-refractivity contribution < 1.29 is 23.5 Å². The number of ether oxygens (including phenoxy) is 2. The number of esters is 1. The molecule has 0 saturated heterocycles. The maximum atomic E-state index is 13.0. The molecule has 0 radical (unpaired) electrons. The zero-order valence-electron chi connectivity index (χ0n) is 13.0. The molecule has 2 aromatic rings. The molecule has 0 bridgehead atoms. The van der Waals surface area contributed by atoms with Crippen molar-refractivity contribution in [2.75, 3.05) is 24.8 Å². The Morgan fingerprint density at radius 1 is 1.17 bits per heavy atom. The number of hydrogen-bond donors (Lipinski definition) is 1. The summed E-state index contributed by atoms with van der Waals surface area (Å²) in [6, 6.07) is 12.7. The van der Waals surface area contributed by atoms with Crippen molar-refractivity contribution in [3.63, 3.8) is 0 Å². The van der Waals surface area contributed by atoms with E-state index in [2.05, 4.69) is 5.32 Å². The van der Waals surface area contributed by atoms with Gasteiger partial charge >= 0.3 is 5.97 Å². The van der Waals surface area contributed by atoms with E-state index < -0.39 is 24.3 Å². The monoisotopic (exact) mass is 349 g/mol. The van der Waals surface area contributed by atoms with Gasteiger partial charge in [-0.05, 0) is 42.5 Å². The molecule has 0 spiro atoms. The minimum atomic E-state index is -0.525. The first-order valence-corrected chi connectivity index (χ1v) is 8.03. The Kier molecular flexibility index (Phi) is 6.62. The molecular formula is C17H16FNO4S. The molecule has 1 amide bonds. The summed E-state index contributed by atoms with van der Waals surface area (Å²) in [6.45, 7) is -0.418. The summed E-state index contributed by atoms with van der Waals surface area (Å²) in [5.41, 5.74) is 0.309. The molecule has 7 heteroatoms. The molecule has 0 atom stereocenters. The van der Waals surface area contributed by atoms with Crippen LogP contribution >= 0.6 is 11.8 Å². The van der Waals surface area contributed by atoms with Crippen LogP contribution in [0.15, 0.2) is 53.4 Å². The van der Waals surface area contributed by atoms with E-state index in [9.17, 15) is 14.0 Å². The number of nitrogens with one attached hydrogen (secondary N) is 1. The maximum absolute atomic E-state index is 13.0. The van der Waals surface area contributed by atoms with Crippen LogP contribution < -0.4 is 10.1 Å². The molecule has 0 aliphatic rings. The van der Waals surface area contributed by atoms with Crippen LogP contribution in [0.4, 0.5) is 10.1 Å². The highest BCUT2D eigenvalue weighted by atomic mass is 32.2. The second-order valence-corrected chi connectivity index (χ2v) is 5.73. The highest BCUT2D eigenvalue weighted by molar-refractivity contribution is 8.00. The molecule has 1 N–H and O–H groups in total. The van der Waals surface area contributed by atoms with Gasteiger partial charge in [-0.2, -0.15) is 0 Å². The number of carbonyl (C=O) groups is 2. The SMILES string of the molecule is COc1ccc(SCC(=O)OCC(=O)Nc2cccc(F)c2)cc1. The van der Waals surface area contributed by atoms with Crippen molar-refractivity contribution in [3.05, 3.63) is 54.3 Å². The molecule has 0 aliphatic carbocycles. The molecule has 0 saturated carbocycles. The predicted octanol–water partition coefficient (Wildman–Crippen LogP) is 3.11. The number of rotatable bonds is 7. The summed E-state index contributed by atoms with van der Waals surface area (Å²) in [6.07, 6.45) is 0. The molecule has 24 heavy (non-hydrogen) atoms. The van der Waals surface area contributed by atoms with Crippen molar-refractivity contribution >= 4 is 29.3 Å². The van der Waals surface area contributed by atoms with Gasteiger partial charge in [-0.15, -0.1) is 11.8 Å². The lowest BCUT2D eigenvalue weighted by molar-refractivity contribution is -0.144. The number of thioether (sulfide) groups is 1. The molecule has 0 fully saturated rings. The van der Waals surface area contributed by atoms with Crippen LogP contribution in [-0.4, -0.2) is 31.3 Å². The highest BCUT2D eigenvalue weighted by Gasteiger charge is 2.09. The Balaban J connectivity index is 1.71. The van der Waals surface area contributed by atoms with E-state index in [1.807, 2.05) is 12.1 Å². The quantitative estimate of drug-likeness (QED) is 0.615.